The van der Waals surface area contributed by atoms with Crippen molar-refractivity contribution in [2.45, 2.75) is 20.3 Å². The highest BCUT2D eigenvalue weighted by molar-refractivity contribution is 6.10. The first-order chi connectivity index (χ1) is 11.8. The van der Waals surface area contributed by atoms with Gasteiger partial charge in [-0.05, 0) is 50.1 Å². The first-order valence-electron chi connectivity index (χ1n) is 8.18. The molecule has 1 N–H and O–H groups in total. The zero-order valence-electron chi connectivity index (χ0n) is 14.8. The minimum atomic E-state index is -1.19. The van der Waals surface area contributed by atoms with Gasteiger partial charge in [-0.25, -0.2) is 4.39 Å². The van der Waals surface area contributed by atoms with Crippen molar-refractivity contribution in [3.05, 3.63) is 66.0 Å². The van der Waals surface area contributed by atoms with Crippen molar-refractivity contribution in [1.29, 1.82) is 0 Å². The fourth-order valence-corrected chi connectivity index (χ4v) is 2.48. The van der Waals surface area contributed by atoms with Crippen LogP contribution in [0, 0.1) is 11.2 Å². The summed E-state index contributed by atoms with van der Waals surface area (Å²) in [6.45, 7) is 3.61. The van der Waals surface area contributed by atoms with Crippen LogP contribution in [-0.2, 0) is 16.0 Å². The van der Waals surface area contributed by atoms with Crippen molar-refractivity contribution in [1.82, 2.24) is 5.32 Å². The Morgan fingerprint density at radius 1 is 1.04 bits per heavy atom. The maximum absolute atomic E-state index is 12.9. The zero-order valence-corrected chi connectivity index (χ0v) is 14.8. The molecule has 0 saturated heterocycles. The van der Waals surface area contributed by atoms with E-state index in [4.69, 9.17) is 0 Å². The first kappa shape index (κ1) is 18.6. The van der Waals surface area contributed by atoms with Crippen LogP contribution in [0.2, 0.25) is 0 Å². The highest BCUT2D eigenvalue weighted by Gasteiger charge is 2.38. The largest absolute Gasteiger partial charge is 0.355 e. The standard InChI is InChI=1S/C20H23FN2O2/c1-20(2,19(25)23(3)17-7-5-4-6-8-17)18(24)22-14-13-15-9-11-16(21)12-10-15/h4-12H,13-14H2,1-3H3,(H,22,24). The van der Waals surface area contributed by atoms with E-state index in [9.17, 15) is 14.0 Å². The van der Waals surface area contributed by atoms with Gasteiger partial charge in [0.05, 0.1) is 0 Å². The highest BCUT2D eigenvalue weighted by Crippen LogP contribution is 2.23. The van der Waals surface area contributed by atoms with Crippen LogP contribution >= 0.6 is 0 Å². The number of nitrogens with one attached hydrogen (secondary N) is 1. The van der Waals surface area contributed by atoms with Crippen LogP contribution in [0.3, 0.4) is 0 Å². The molecule has 132 valence electrons. The van der Waals surface area contributed by atoms with Gasteiger partial charge in [-0.2, -0.15) is 0 Å². The van der Waals surface area contributed by atoms with Crippen molar-refractivity contribution >= 4 is 17.5 Å². The third kappa shape index (κ3) is 4.66. The average Bonchev–Trinajstić information content (AvgIpc) is 2.62. The van der Waals surface area contributed by atoms with E-state index < -0.39 is 5.41 Å². The maximum Gasteiger partial charge on any atom is 0.241 e. The number of amides is 2. The summed E-state index contributed by atoms with van der Waals surface area (Å²) < 4.78 is 12.9. The molecule has 0 aliphatic heterocycles. The fourth-order valence-electron chi connectivity index (χ4n) is 2.48. The molecule has 2 rings (SSSR count). The first-order valence-corrected chi connectivity index (χ1v) is 8.18. The minimum Gasteiger partial charge on any atom is -0.355 e. The molecule has 2 aromatic carbocycles. The van der Waals surface area contributed by atoms with E-state index in [0.717, 1.165) is 11.3 Å². The second-order valence-corrected chi connectivity index (χ2v) is 6.46. The van der Waals surface area contributed by atoms with Gasteiger partial charge in [0.25, 0.3) is 0 Å². The van der Waals surface area contributed by atoms with Crippen LogP contribution in [0.15, 0.2) is 54.6 Å². The fraction of sp³-hybridized carbons (Fsp3) is 0.300. The molecule has 25 heavy (non-hydrogen) atoms. The molecule has 0 atom stereocenters. The molecule has 0 radical (unpaired) electrons. The normalized spacial score (nSPS) is 11.0. The molecule has 0 bridgehead atoms. The van der Waals surface area contributed by atoms with Crippen LogP contribution in [0.5, 0.6) is 0 Å². The van der Waals surface area contributed by atoms with Crippen LogP contribution in [0.25, 0.3) is 0 Å². The Morgan fingerprint density at radius 2 is 1.64 bits per heavy atom. The molecular weight excluding hydrogens is 319 g/mol. The van der Waals surface area contributed by atoms with E-state index in [0.29, 0.717) is 13.0 Å². The Hall–Kier alpha value is -2.69. The van der Waals surface area contributed by atoms with Gasteiger partial charge in [-0.15, -0.1) is 0 Å². The number of carbonyl (C=O) groups is 2. The predicted octanol–water partition coefficient (Wildman–Crippen LogP) is 3.17. The molecule has 0 aromatic heterocycles. The summed E-state index contributed by atoms with van der Waals surface area (Å²) in [5.74, 6) is -0.899. The summed E-state index contributed by atoms with van der Waals surface area (Å²) in [7, 11) is 1.66. The average molecular weight is 342 g/mol. The summed E-state index contributed by atoms with van der Waals surface area (Å²) in [4.78, 5) is 26.7. The third-order valence-corrected chi connectivity index (χ3v) is 4.16. The topological polar surface area (TPSA) is 49.4 Å². The molecule has 4 nitrogen and oxygen atoms in total. The van der Waals surface area contributed by atoms with Crippen molar-refractivity contribution in [3.63, 3.8) is 0 Å². The summed E-state index contributed by atoms with van der Waals surface area (Å²) in [5, 5.41) is 2.79. The molecule has 0 saturated carbocycles. The van der Waals surface area contributed by atoms with Crippen molar-refractivity contribution in [2.75, 3.05) is 18.5 Å². The number of para-hydroxylation sites is 1. The molecule has 0 heterocycles. The number of hydrogen-bond acceptors (Lipinski definition) is 2. The van der Waals surface area contributed by atoms with Crippen LogP contribution in [0.4, 0.5) is 10.1 Å². The number of rotatable bonds is 6. The summed E-state index contributed by atoms with van der Waals surface area (Å²) in [5.41, 5.74) is 0.472. The van der Waals surface area contributed by atoms with E-state index in [1.165, 1.54) is 17.0 Å². The maximum atomic E-state index is 12.9. The Kier molecular flexibility index (Phi) is 5.91. The van der Waals surface area contributed by atoms with E-state index in [2.05, 4.69) is 5.32 Å². The van der Waals surface area contributed by atoms with Crippen LogP contribution < -0.4 is 10.2 Å². The van der Waals surface area contributed by atoms with E-state index in [1.807, 2.05) is 30.3 Å². The number of halogens is 1. The van der Waals surface area contributed by atoms with Crippen molar-refractivity contribution < 1.29 is 14.0 Å². The molecule has 0 spiro atoms. The number of benzene rings is 2. The molecule has 0 aliphatic carbocycles. The van der Waals surface area contributed by atoms with E-state index in [-0.39, 0.29) is 17.6 Å². The summed E-state index contributed by atoms with van der Waals surface area (Å²) in [6.07, 6.45) is 0.574. The van der Waals surface area contributed by atoms with Gasteiger partial charge in [-0.3, -0.25) is 9.59 Å². The Morgan fingerprint density at radius 3 is 2.24 bits per heavy atom. The second-order valence-electron chi connectivity index (χ2n) is 6.46. The van der Waals surface area contributed by atoms with Crippen molar-refractivity contribution in [2.24, 2.45) is 5.41 Å². The molecule has 2 amide bonds. The van der Waals surface area contributed by atoms with Gasteiger partial charge in [-0.1, -0.05) is 30.3 Å². The van der Waals surface area contributed by atoms with E-state index >= 15 is 0 Å². The molecule has 0 fully saturated rings. The number of nitrogens with zero attached hydrogens (tertiary/aromatic N) is 1. The third-order valence-electron chi connectivity index (χ3n) is 4.16. The lowest BCUT2D eigenvalue weighted by atomic mass is 9.90. The molecule has 2 aromatic rings. The lowest BCUT2D eigenvalue weighted by Gasteiger charge is -2.28. The lowest BCUT2D eigenvalue weighted by molar-refractivity contribution is -0.139. The van der Waals surface area contributed by atoms with Gasteiger partial charge < -0.3 is 10.2 Å². The number of anilines is 1. The van der Waals surface area contributed by atoms with Crippen molar-refractivity contribution in [3.8, 4) is 0 Å². The molecular formula is C20H23FN2O2. The lowest BCUT2D eigenvalue weighted by Crippen LogP contribution is -2.49. The van der Waals surface area contributed by atoms with Gasteiger partial charge >= 0.3 is 0 Å². The minimum absolute atomic E-state index is 0.280. The SMILES string of the molecule is CN(C(=O)C(C)(C)C(=O)NCCc1ccc(F)cc1)c1ccccc1. The van der Waals surface area contributed by atoms with Crippen LogP contribution in [0.1, 0.15) is 19.4 Å². The molecule has 5 heteroatoms. The number of carbonyl (C=O) groups excluding carboxylic acids is 2. The molecule has 0 aliphatic rings. The van der Waals surface area contributed by atoms with E-state index in [1.54, 1.807) is 33.0 Å². The summed E-state index contributed by atoms with van der Waals surface area (Å²) in [6, 6.07) is 15.3. The quantitative estimate of drug-likeness (QED) is 0.820. The van der Waals surface area contributed by atoms with Gasteiger partial charge in [0.1, 0.15) is 11.2 Å². The zero-order chi connectivity index (χ0) is 18.4. The van der Waals surface area contributed by atoms with Gasteiger partial charge in [0.15, 0.2) is 0 Å². The molecule has 0 unspecified atom stereocenters. The predicted molar refractivity (Wildman–Crippen MR) is 96.7 cm³/mol. The summed E-state index contributed by atoms with van der Waals surface area (Å²) >= 11 is 0. The Bertz CT molecular complexity index is 727. The van der Waals surface area contributed by atoms with Gasteiger partial charge in [0, 0.05) is 19.3 Å². The Balaban J connectivity index is 1.94. The smallest absolute Gasteiger partial charge is 0.241 e. The monoisotopic (exact) mass is 342 g/mol. The van der Waals surface area contributed by atoms with Gasteiger partial charge in [0.2, 0.25) is 11.8 Å². The Labute approximate surface area is 147 Å². The highest BCUT2D eigenvalue weighted by atomic mass is 19.1. The number of hydrogen-bond donors (Lipinski definition) is 1. The van der Waals surface area contributed by atoms with Crippen LogP contribution in [-0.4, -0.2) is 25.4 Å². The second kappa shape index (κ2) is 7.92.